The molecule has 6 nitrogen and oxygen atoms in total. The summed E-state index contributed by atoms with van der Waals surface area (Å²) in [5.41, 5.74) is 0.335. The van der Waals surface area contributed by atoms with Crippen molar-refractivity contribution in [2.45, 2.75) is 24.5 Å². The lowest BCUT2D eigenvalue weighted by Crippen LogP contribution is -2.41. The van der Waals surface area contributed by atoms with Crippen LogP contribution in [-0.4, -0.2) is 42.8 Å². The van der Waals surface area contributed by atoms with Gasteiger partial charge in [0.15, 0.2) is 6.10 Å². The summed E-state index contributed by atoms with van der Waals surface area (Å²) in [5.74, 6) is 0.587. The number of aliphatic hydroxyl groups is 1. The first kappa shape index (κ1) is 20.6. The van der Waals surface area contributed by atoms with E-state index < -0.39 is 17.6 Å². The van der Waals surface area contributed by atoms with Crippen molar-refractivity contribution in [1.29, 1.82) is 0 Å². The van der Waals surface area contributed by atoms with E-state index in [1.807, 2.05) is 54.6 Å². The molecule has 0 aromatic heterocycles. The Kier molecular flexibility index (Phi) is 6.67. The van der Waals surface area contributed by atoms with Crippen LogP contribution in [0.15, 0.2) is 72.2 Å². The van der Waals surface area contributed by atoms with Gasteiger partial charge < -0.3 is 19.3 Å². The van der Waals surface area contributed by atoms with Gasteiger partial charge in [-0.25, -0.2) is 9.79 Å². The Morgan fingerprint density at radius 3 is 2.59 bits per heavy atom. The summed E-state index contributed by atoms with van der Waals surface area (Å²) in [6.45, 7) is 4.32. The molecule has 0 fully saturated rings. The molecule has 0 bridgehead atoms. The largest absolute Gasteiger partial charge is 0.494 e. The molecule has 2 aromatic rings. The number of methoxy groups -OCH3 is 1. The third-order valence-electron chi connectivity index (χ3n) is 4.73. The molecule has 0 saturated carbocycles. The predicted octanol–water partition coefficient (Wildman–Crippen LogP) is 3.45. The fraction of sp³-hybridized carbons (Fsp3) is 0.304. The highest BCUT2D eigenvalue weighted by Crippen LogP contribution is 2.43. The minimum absolute atomic E-state index is 0.0858. The van der Waals surface area contributed by atoms with E-state index in [2.05, 4.69) is 11.6 Å². The monoisotopic (exact) mass is 395 g/mol. The molecule has 1 aliphatic heterocycles. The number of hydrogen-bond acceptors (Lipinski definition) is 6. The highest BCUT2D eigenvalue weighted by Gasteiger charge is 2.53. The second-order valence-electron chi connectivity index (χ2n) is 6.68. The van der Waals surface area contributed by atoms with Gasteiger partial charge in [-0.3, -0.25) is 0 Å². The van der Waals surface area contributed by atoms with Crippen LogP contribution in [0.2, 0.25) is 0 Å². The molecule has 1 heterocycles. The molecule has 0 unspecified atom stereocenters. The molecule has 0 amide bonds. The molecule has 0 saturated heterocycles. The Bertz CT molecular complexity index is 863. The van der Waals surface area contributed by atoms with Crippen molar-refractivity contribution in [2.24, 2.45) is 4.99 Å². The van der Waals surface area contributed by atoms with Crippen LogP contribution in [0.4, 0.5) is 0 Å². The van der Waals surface area contributed by atoms with Gasteiger partial charge in [-0.15, -0.1) is 6.58 Å². The highest BCUT2D eigenvalue weighted by atomic mass is 16.5. The fourth-order valence-electron chi connectivity index (χ4n) is 3.31. The summed E-state index contributed by atoms with van der Waals surface area (Å²) in [5, 5.41) is 8.85. The zero-order chi connectivity index (χ0) is 20.7. The topological polar surface area (TPSA) is 77.4 Å². The summed E-state index contributed by atoms with van der Waals surface area (Å²) >= 11 is 0. The molecule has 152 valence electrons. The molecule has 0 radical (unpaired) electrons. The highest BCUT2D eigenvalue weighted by molar-refractivity contribution is 5.99. The minimum atomic E-state index is -1.23. The maximum atomic E-state index is 12.8. The van der Waals surface area contributed by atoms with E-state index in [9.17, 15) is 4.79 Å². The summed E-state index contributed by atoms with van der Waals surface area (Å²) < 4.78 is 16.8. The van der Waals surface area contributed by atoms with Gasteiger partial charge in [0.2, 0.25) is 11.4 Å². The molecular weight excluding hydrogens is 370 g/mol. The number of carbonyl (C=O) groups excluding carboxylic acids is 1. The first-order chi connectivity index (χ1) is 14.1. The average molecular weight is 395 g/mol. The number of rotatable bonds is 9. The van der Waals surface area contributed by atoms with E-state index >= 15 is 0 Å². The van der Waals surface area contributed by atoms with Crippen LogP contribution in [0.25, 0.3) is 0 Å². The van der Waals surface area contributed by atoms with Gasteiger partial charge in [-0.05, 0) is 29.8 Å². The zero-order valence-electron chi connectivity index (χ0n) is 16.4. The van der Waals surface area contributed by atoms with Crippen LogP contribution in [0.3, 0.4) is 0 Å². The van der Waals surface area contributed by atoms with Crippen molar-refractivity contribution in [3.8, 4) is 5.75 Å². The van der Waals surface area contributed by atoms with Gasteiger partial charge in [0.25, 0.3) is 0 Å². The molecular formula is C23H25NO5. The molecule has 0 aliphatic carbocycles. The Balaban J connectivity index is 1.94. The van der Waals surface area contributed by atoms with Gasteiger partial charge in [-0.1, -0.05) is 36.4 Å². The van der Waals surface area contributed by atoms with Gasteiger partial charge >= 0.3 is 5.97 Å². The Morgan fingerprint density at radius 2 is 1.97 bits per heavy atom. The number of carbonyl (C=O) groups is 1. The lowest BCUT2D eigenvalue weighted by molar-refractivity contribution is -0.149. The van der Waals surface area contributed by atoms with Gasteiger partial charge in [0.1, 0.15) is 5.75 Å². The number of aliphatic imine (C=N–C) groups is 1. The van der Waals surface area contributed by atoms with E-state index in [-0.39, 0.29) is 13.0 Å². The predicted molar refractivity (Wildman–Crippen MR) is 110 cm³/mol. The standard InChI is InChI=1S/C23H25NO5/c1-3-14-23(22(26)27-2)20(17-8-5-4-6-9-17)29-21(24-23)18-10-12-19(13-11-18)28-16-7-15-25/h3-6,8-13,20,25H,1,7,14-16H2,2H3/t20-,23-/m0/s1. The Hall–Kier alpha value is -3.12. The van der Waals surface area contributed by atoms with E-state index in [0.717, 1.165) is 11.1 Å². The number of nitrogens with zero attached hydrogens (tertiary/aromatic N) is 1. The number of hydrogen-bond donors (Lipinski definition) is 1. The summed E-state index contributed by atoms with van der Waals surface area (Å²) in [6.07, 6.45) is 1.88. The molecule has 6 heteroatoms. The number of benzene rings is 2. The van der Waals surface area contributed by atoms with E-state index in [0.29, 0.717) is 24.7 Å². The van der Waals surface area contributed by atoms with Crippen LogP contribution in [0, 0.1) is 0 Å². The summed E-state index contributed by atoms with van der Waals surface area (Å²) in [6, 6.07) is 16.8. The number of esters is 1. The van der Waals surface area contributed by atoms with Crippen molar-refractivity contribution < 1.29 is 24.1 Å². The second kappa shape index (κ2) is 9.39. The maximum Gasteiger partial charge on any atom is 0.338 e. The lowest BCUT2D eigenvalue weighted by Gasteiger charge is -2.28. The van der Waals surface area contributed by atoms with Crippen molar-refractivity contribution in [2.75, 3.05) is 20.3 Å². The zero-order valence-corrected chi connectivity index (χ0v) is 16.4. The van der Waals surface area contributed by atoms with Gasteiger partial charge in [0.05, 0.1) is 13.7 Å². The van der Waals surface area contributed by atoms with Gasteiger partial charge in [-0.2, -0.15) is 0 Å². The van der Waals surface area contributed by atoms with Crippen molar-refractivity contribution in [3.63, 3.8) is 0 Å². The molecule has 1 N–H and O–H groups in total. The summed E-state index contributed by atoms with van der Waals surface area (Å²) in [7, 11) is 1.35. The van der Waals surface area contributed by atoms with Crippen LogP contribution in [-0.2, 0) is 14.3 Å². The Labute approximate surface area is 170 Å². The van der Waals surface area contributed by atoms with Crippen molar-refractivity contribution >= 4 is 11.9 Å². The molecule has 2 atom stereocenters. The quantitative estimate of drug-likeness (QED) is 0.400. The van der Waals surface area contributed by atoms with Crippen LogP contribution >= 0.6 is 0 Å². The van der Waals surface area contributed by atoms with Gasteiger partial charge in [0, 0.05) is 25.0 Å². The third kappa shape index (κ3) is 4.32. The number of ether oxygens (including phenoxy) is 3. The molecule has 3 rings (SSSR count). The average Bonchev–Trinajstić information content (AvgIpc) is 3.15. The third-order valence-corrected chi connectivity index (χ3v) is 4.73. The normalized spacial score (nSPS) is 20.5. The van der Waals surface area contributed by atoms with Crippen LogP contribution in [0.1, 0.15) is 30.1 Å². The van der Waals surface area contributed by atoms with Crippen LogP contribution in [0.5, 0.6) is 5.75 Å². The second-order valence-corrected chi connectivity index (χ2v) is 6.68. The van der Waals surface area contributed by atoms with E-state index in [4.69, 9.17) is 19.3 Å². The van der Waals surface area contributed by atoms with E-state index in [1.54, 1.807) is 6.08 Å². The van der Waals surface area contributed by atoms with Crippen molar-refractivity contribution in [1.82, 2.24) is 0 Å². The SMILES string of the molecule is C=CC[C@]1(C(=O)OC)N=C(c2ccc(OCCCO)cc2)O[C@H]1c1ccccc1. The molecule has 1 aliphatic rings. The lowest BCUT2D eigenvalue weighted by atomic mass is 9.85. The van der Waals surface area contributed by atoms with Crippen LogP contribution < -0.4 is 4.74 Å². The smallest absolute Gasteiger partial charge is 0.338 e. The molecule has 0 spiro atoms. The van der Waals surface area contributed by atoms with E-state index in [1.165, 1.54) is 7.11 Å². The Morgan fingerprint density at radius 1 is 1.24 bits per heavy atom. The minimum Gasteiger partial charge on any atom is -0.494 e. The molecule has 29 heavy (non-hydrogen) atoms. The maximum absolute atomic E-state index is 12.8. The number of aliphatic hydroxyl groups excluding tert-OH is 1. The summed E-state index contributed by atoms with van der Waals surface area (Å²) in [4.78, 5) is 17.5. The van der Waals surface area contributed by atoms with Crippen molar-refractivity contribution in [3.05, 3.63) is 78.4 Å². The fourth-order valence-corrected chi connectivity index (χ4v) is 3.31. The molecule has 2 aromatic carbocycles. The first-order valence-corrected chi connectivity index (χ1v) is 9.49. The first-order valence-electron chi connectivity index (χ1n) is 9.49.